The number of alkyl carbamates (subject to hydrolysis) is 1. The molecule has 0 radical (unpaired) electrons. The highest BCUT2D eigenvalue weighted by Gasteiger charge is 2.24. The van der Waals surface area contributed by atoms with Crippen LogP contribution in [0.1, 0.15) is 46.1 Å². The molecule has 0 saturated carbocycles. The van der Waals surface area contributed by atoms with Crippen molar-refractivity contribution in [3.05, 3.63) is 29.8 Å². The summed E-state index contributed by atoms with van der Waals surface area (Å²) in [7, 11) is 0. The zero-order valence-corrected chi connectivity index (χ0v) is 16.1. The summed E-state index contributed by atoms with van der Waals surface area (Å²) in [4.78, 5) is 25.7. The van der Waals surface area contributed by atoms with Gasteiger partial charge in [0.25, 0.3) is 0 Å². The molecule has 26 heavy (non-hydrogen) atoms. The van der Waals surface area contributed by atoms with Crippen molar-refractivity contribution in [2.24, 2.45) is 5.92 Å². The van der Waals surface area contributed by atoms with Crippen LogP contribution in [0.3, 0.4) is 0 Å². The lowest BCUT2D eigenvalue weighted by molar-refractivity contribution is -0.139. The number of piperidine rings is 1. The van der Waals surface area contributed by atoms with Crippen LogP contribution in [0.15, 0.2) is 24.3 Å². The van der Waals surface area contributed by atoms with Crippen LogP contribution in [0.4, 0.5) is 10.5 Å². The molecule has 1 fully saturated rings. The number of hydrogen-bond acceptors (Lipinski definition) is 4. The molecule has 1 amide bonds. The molecule has 0 aromatic heterocycles. The van der Waals surface area contributed by atoms with Crippen LogP contribution in [0, 0.1) is 5.92 Å². The Morgan fingerprint density at radius 2 is 1.96 bits per heavy atom. The van der Waals surface area contributed by atoms with Crippen molar-refractivity contribution in [3.63, 3.8) is 0 Å². The maximum atomic E-state index is 11.9. The van der Waals surface area contributed by atoms with Gasteiger partial charge in [0, 0.05) is 25.2 Å². The van der Waals surface area contributed by atoms with Crippen LogP contribution >= 0.6 is 0 Å². The van der Waals surface area contributed by atoms with Gasteiger partial charge in [-0.1, -0.05) is 19.1 Å². The van der Waals surface area contributed by atoms with Crippen molar-refractivity contribution >= 4 is 17.7 Å². The Hall–Kier alpha value is -2.24. The van der Waals surface area contributed by atoms with E-state index in [1.807, 2.05) is 24.3 Å². The van der Waals surface area contributed by atoms with Gasteiger partial charge in [0.1, 0.15) is 11.6 Å². The topological polar surface area (TPSA) is 78.9 Å². The third-order valence-electron chi connectivity index (χ3n) is 4.39. The maximum absolute atomic E-state index is 11.9. The smallest absolute Gasteiger partial charge is 0.408 e. The second kappa shape index (κ2) is 8.43. The van der Waals surface area contributed by atoms with Crippen molar-refractivity contribution < 1.29 is 19.4 Å². The first-order valence-electron chi connectivity index (χ1n) is 9.20. The number of anilines is 1. The molecule has 2 atom stereocenters. The zero-order chi connectivity index (χ0) is 19.3. The van der Waals surface area contributed by atoms with Crippen LogP contribution < -0.4 is 10.2 Å². The quantitative estimate of drug-likeness (QED) is 0.839. The number of ether oxygens (including phenoxy) is 1. The Bertz CT molecular complexity index is 622. The van der Waals surface area contributed by atoms with E-state index in [-0.39, 0.29) is 6.42 Å². The van der Waals surface area contributed by atoms with Crippen molar-refractivity contribution in [1.82, 2.24) is 5.32 Å². The summed E-state index contributed by atoms with van der Waals surface area (Å²) in [5, 5.41) is 11.8. The van der Waals surface area contributed by atoms with E-state index < -0.39 is 23.7 Å². The molecule has 0 aliphatic carbocycles. The maximum Gasteiger partial charge on any atom is 0.408 e. The first-order valence-corrected chi connectivity index (χ1v) is 9.20. The number of aliphatic carboxylic acids is 1. The first kappa shape index (κ1) is 20.1. The number of carbonyl (C=O) groups is 2. The van der Waals surface area contributed by atoms with Crippen molar-refractivity contribution in [2.45, 2.75) is 58.6 Å². The van der Waals surface area contributed by atoms with E-state index in [1.54, 1.807) is 20.8 Å². The van der Waals surface area contributed by atoms with Crippen molar-refractivity contribution in [1.29, 1.82) is 0 Å². The number of nitrogens with zero attached hydrogens (tertiary/aromatic N) is 1. The lowest BCUT2D eigenvalue weighted by Crippen LogP contribution is -2.44. The summed E-state index contributed by atoms with van der Waals surface area (Å²) in [6.45, 7) is 9.59. The molecule has 1 aliphatic rings. The number of rotatable bonds is 5. The van der Waals surface area contributed by atoms with E-state index in [1.165, 1.54) is 12.8 Å². The number of hydrogen-bond donors (Lipinski definition) is 2. The summed E-state index contributed by atoms with van der Waals surface area (Å²) >= 11 is 0. The fourth-order valence-electron chi connectivity index (χ4n) is 3.15. The van der Waals surface area contributed by atoms with E-state index >= 15 is 0 Å². The fraction of sp³-hybridized carbons (Fsp3) is 0.600. The molecule has 1 aliphatic heterocycles. The van der Waals surface area contributed by atoms with Crippen molar-refractivity contribution in [3.8, 4) is 0 Å². The van der Waals surface area contributed by atoms with E-state index in [0.717, 1.165) is 24.3 Å². The molecule has 2 unspecified atom stereocenters. The Labute approximate surface area is 155 Å². The van der Waals surface area contributed by atoms with Crippen LogP contribution in [-0.2, 0) is 16.0 Å². The molecule has 144 valence electrons. The molecule has 1 heterocycles. The highest BCUT2D eigenvalue weighted by atomic mass is 16.6. The average Bonchev–Trinajstić information content (AvgIpc) is 2.53. The van der Waals surface area contributed by atoms with Crippen LogP contribution in [0.5, 0.6) is 0 Å². The van der Waals surface area contributed by atoms with Crippen LogP contribution in [0.25, 0.3) is 0 Å². The number of nitrogens with one attached hydrogen (secondary N) is 1. The number of benzene rings is 1. The third-order valence-corrected chi connectivity index (χ3v) is 4.39. The Morgan fingerprint density at radius 1 is 1.31 bits per heavy atom. The van der Waals surface area contributed by atoms with Crippen LogP contribution in [0.2, 0.25) is 0 Å². The summed E-state index contributed by atoms with van der Waals surface area (Å²) in [5.74, 6) is -0.386. The normalized spacial score (nSPS) is 18.9. The first-order chi connectivity index (χ1) is 12.1. The molecule has 1 saturated heterocycles. The molecule has 0 spiro atoms. The van der Waals surface area contributed by atoms with Gasteiger partial charge < -0.3 is 20.1 Å². The van der Waals surface area contributed by atoms with Crippen LogP contribution in [-0.4, -0.2) is 41.9 Å². The predicted molar refractivity (Wildman–Crippen MR) is 102 cm³/mol. The Balaban J connectivity index is 1.98. The minimum Gasteiger partial charge on any atom is -0.480 e. The molecule has 6 heteroatoms. The number of carbonyl (C=O) groups excluding carboxylic acids is 1. The van der Waals surface area contributed by atoms with Gasteiger partial charge in [0.2, 0.25) is 0 Å². The summed E-state index contributed by atoms with van der Waals surface area (Å²) < 4.78 is 5.14. The third kappa shape index (κ3) is 6.24. The molecule has 1 aromatic carbocycles. The minimum absolute atomic E-state index is 0.214. The standard InChI is InChI=1S/C20H30N2O4/c1-14-6-5-11-22(13-14)16-9-7-15(8-10-16)12-17(18(23)24)21-19(25)26-20(2,3)4/h7-10,14,17H,5-6,11-13H2,1-4H3,(H,21,25)(H,23,24). The van der Waals surface area contributed by atoms with Gasteiger partial charge in [-0.05, 0) is 57.2 Å². The van der Waals surface area contributed by atoms with Crippen molar-refractivity contribution in [2.75, 3.05) is 18.0 Å². The van der Waals surface area contributed by atoms with E-state index in [9.17, 15) is 14.7 Å². The number of carboxylic acid groups (broad SMARTS) is 1. The summed E-state index contributed by atoms with van der Waals surface area (Å²) in [5.41, 5.74) is 1.36. The van der Waals surface area contributed by atoms with Gasteiger partial charge in [0.15, 0.2) is 0 Å². The highest BCUT2D eigenvalue weighted by Crippen LogP contribution is 2.23. The molecule has 1 aromatic rings. The van der Waals surface area contributed by atoms with Gasteiger partial charge >= 0.3 is 12.1 Å². The SMILES string of the molecule is CC1CCCN(c2ccc(CC(NC(=O)OC(C)(C)C)C(=O)O)cc2)C1. The highest BCUT2D eigenvalue weighted by molar-refractivity contribution is 5.80. The number of amides is 1. The second-order valence-electron chi connectivity index (χ2n) is 8.10. The molecular formula is C20H30N2O4. The summed E-state index contributed by atoms with van der Waals surface area (Å²) in [6, 6.07) is 6.90. The predicted octanol–water partition coefficient (Wildman–Crippen LogP) is 3.44. The van der Waals surface area contributed by atoms with Gasteiger partial charge in [-0.3, -0.25) is 0 Å². The lowest BCUT2D eigenvalue weighted by Gasteiger charge is -2.33. The Morgan fingerprint density at radius 3 is 2.50 bits per heavy atom. The minimum atomic E-state index is -1.08. The molecule has 2 N–H and O–H groups in total. The van der Waals surface area contributed by atoms with E-state index in [2.05, 4.69) is 17.1 Å². The monoisotopic (exact) mass is 362 g/mol. The Kier molecular flexibility index (Phi) is 6.51. The second-order valence-corrected chi connectivity index (χ2v) is 8.10. The number of carboxylic acids is 1. The van der Waals surface area contributed by atoms with Gasteiger partial charge in [-0.2, -0.15) is 0 Å². The van der Waals surface area contributed by atoms with E-state index in [4.69, 9.17) is 4.74 Å². The average molecular weight is 362 g/mol. The molecule has 0 bridgehead atoms. The van der Waals surface area contributed by atoms with E-state index in [0.29, 0.717) is 5.92 Å². The largest absolute Gasteiger partial charge is 0.480 e. The van der Waals surface area contributed by atoms with Gasteiger partial charge in [0.05, 0.1) is 0 Å². The zero-order valence-electron chi connectivity index (χ0n) is 16.1. The fourth-order valence-corrected chi connectivity index (χ4v) is 3.15. The van der Waals surface area contributed by atoms with Gasteiger partial charge in [-0.25, -0.2) is 9.59 Å². The molecular weight excluding hydrogens is 332 g/mol. The lowest BCUT2D eigenvalue weighted by atomic mass is 9.99. The van der Waals surface area contributed by atoms with Gasteiger partial charge in [-0.15, -0.1) is 0 Å². The molecule has 6 nitrogen and oxygen atoms in total. The summed E-state index contributed by atoms with van der Waals surface area (Å²) in [6.07, 6.45) is 1.96. The molecule has 2 rings (SSSR count).